The predicted octanol–water partition coefficient (Wildman–Crippen LogP) is 5.25. The SMILES string of the molecule is CSc1ccc2cc(COC(=O)c3ccc(F)cc3F)c(Cl)nc2c1. The second kappa shape index (κ2) is 7.37. The van der Waals surface area contributed by atoms with Gasteiger partial charge in [0.1, 0.15) is 23.4 Å². The van der Waals surface area contributed by atoms with Gasteiger partial charge in [-0.25, -0.2) is 18.6 Å². The van der Waals surface area contributed by atoms with Crippen LogP contribution in [-0.2, 0) is 11.3 Å². The van der Waals surface area contributed by atoms with E-state index in [0.29, 0.717) is 11.6 Å². The molecule has 0 amide bonds. The lowest BCUT2D eigenvalue weighted by atomic mass is 10.1. The minimum Gasteiger partial charge on any atom is -0.457 e. The van der Waals surface area contributed by atoms with Crippen LogP contribution in [0.1, 0.15) is 15.9 Å². The summed E-state index contributed by atoms with van der Waals surface area (Å²) in [5.41, 5.74) is 0.898. The Morgan fingerprint density at radius 1 is 1.20 bits per heavy atom. The highest BCUT2D eigenvalue weighted by Crippen LogP contribution is 2.25. The van der Waals surface area contributed by atoms with Gasteiger partial charge in [0.25, 0.3) is 0 Å². The smallest absolute Gasteiger partial charge is 0.341 e. The summed E-state index contributed by atoms with van der Waals surface area (Å²) in [4.78, 5) is 17.3. The molecular formula is C18H12ClF2NO2S. The zero-order chi connectivity index (χ0) is 18.0. The fourth-order valence-electron chi connectivity index (χ4n) is 2.27. The van der Waals surface area contributed by atoms with Crippen LogP contribution in [0.25, 0.3) is 10.9 Å². The van der Waals surface area contributed by atoms with Gasteiger partial charge in [0.05, 0.1) is 11.1 Å². The van der Waals surface area contributed by atoms with Crippen LogP contribution in [0.3, 0.4) is 0 Å². The van der Waals surface area contributed by atoms with Gasteiger partial charge >= 0.3 is 5.97 Å². The van der Waals surface area contributed by atoms with Crippen molar-refractivity contribution in [1.29, 1.82) is 0 Å². The predicted molar refractivity (Wildman–Crippen MR) is 94.0 cm³/mol. The van der Waals surface area contributed by atoms with E-state index in [4.69, 9.17) is 16.3 Å². The molecule has 0 bridgehead atoms. The first-order valence-electron chi connectivity index (χ1n) is 7.23. The number of hydrogen-bond acceptors (Lipinski definition) is 4. The standard InChI is InChI=1S/C18H12ClF2NO2S/c1-25-13-4-2-10-6-11(17(19)22-16(10)8-13)9-24-18(23)14-5-3-12(20)7-15(14)21/h2-8H,9H2,1H3. The zero-order valence-corrected chi connectivity index (χ0v) is 14.6. The zero-order valence-electron chi connectivity index (χ0n) is 13.1. The highest BCUT2D eigenvalue weighted by molar-refractivity contribution is 7.98. The van der Waals surface area contributed by atoms with Crippen LogP contribution in [-0.4, -0.2) is 17.2 Å². The molecule has 0 saturated carbocycles. The largest absolute Gasteiger partial charge is 0.457 e. The highest BCUT2D eigenvalue weighted by Gasteiger charge is 2.15. The number of carbonyl (C=O) groups is 1. The fraction of sp³-hybridized carbons (Fsp3) is 0.111. The number of ether oxygens (including phenoxy) is 1. The average molecular weight is 380 g/mol. The number of thioether (sulfide) groups is 1. The van der Waals surface area contributed by atoms with Gasteiger partial charge in [0, 0.05) is 21.9 Å². The third kappa shape index (κ3) is 3.91. The Hall–Kier alpha value is -2.18. The van der Waals surface area contributed by atoms with Crippen molar-refractivity contribution in [3.63, 3.8) is 0 Å². The summed E-state index contributed by atoms with van der Waals surface area (Å²) in [6.45, 7) is -0.165. The summed E-state index contributed by atoms with van der Waals surface area (Å²) in [5.74, 6) is -2.64. The maximum Gasteiger partial charge on any atom is 0.341 e. The number of carbonyl (C=O) groups excluding carboxylic acids is 1. The summed E-state index contributed by atoms with van der Waals surface area (Å²) in [7, 11) is 0. The molecule has 0 aliphatic rings. The topological polar surface area (TPSA) is 39.2 Å². The van der Waals surface area contributed by atoms with Crippen LogP contribution in [0.4, 0.5) is 8.78 Å². The molecule has 7 heteroatoms. The number of rotatable bonds is 4. The monoisotopic (exact) mass is 379 g/mol. The Morgan fingerprint density at radius 2 is 2.00 bits per heavy atom. The number of halogens is 3. The second-order valence-electron chi connectivity index (χ2n) is 5.20. The first-order valence-corrected chi connectivity index (χ1v) is 8.83. The lowest BCUT2D eigenvalue weighted by Crippen LogP contribution is -2.08. The molecule has 0 unspecified atom stereocenters. The molecule has 0 aliphatic heterocycles. The third-order valence-corrected chi connectivity index (χ3v) is 4.61. The van der Waals surface area contributed by atoms with Crippen molar-refractivity contribution in [2.45, 2.75) is 11.5 Å². The summed E-state index contributed by atoms with van der Waals surface area (Å²) >= 11 is 7.74. The molecule has 0 atom stereocenters. The minimum absolute atomic E-state index is 0.165. The second-order valence-corrected chi connectivity index (χ2v) is 6.43. The number of benzene rings is 2. The van der Waals surface area contributed by atoms with E-state index in [0.717, 1.165) is 27.9 Å². The average Bonchev–Trinajstić information content (AvgIpc) is 2.59. The van der Waals surface area contributed by atoms with Crippen molar-refractivity contribution in [3.8, 4) is 0 Å². The van der Waals surface area contributed by atoms with Crippen LogP contribution in [0.5, 0.6) is 0 Å². The van der Waals surface area contributed by atoms with Crippen LogP contribution in [0.2, 0.25) is 5.15 Å². The molecule has 2 aromatic carbocycles. The third-order valence-electron chi connectivity index (χ3n) is 3.56. The van der Waals surface area contributed by atoms with Crippen molar-refractivity contribution in [1.82, 2.24) is 4.98 Å². The molecule has 0 N–H and O–H groups in total. The number of esters is 1. The van der Waals surface area contributed by atoms with Crippen molar-refractivity contribution in [3.05, 3.63) is 70.4 Å². The maximum atomic E-state index is 13.6. The van der Waals surface area contributed by atoms with Gasteiger partial charge in [-0.3, -0.25) is 0 Å². The van der Waals surface area contributed by atoms with Gasteiger partial charge in [-0.05, 0) is 36.6 Å². The summed E-state index contributed by atoms with van der Waals surface area (Å²) in [6.07, 6.45) is 1.96. The molecule has 0 radical (unpaired) electrons. The minimum atomic E-state index is -0.975. The van der Waals surface area contributed by atoms with Crippen LogP contribution in [0.15, 0.2) is 47.4 Å². The van der Waals surface area contributed by atoms with E-state index in [9.17, 15) is 13.6 Å². The van der Waals surface area contributed by atoms with Crippen LogP contribution in [0, 0.1) is 11.6 Å². The summed E-state index contributed by atoms with van der Waals surface area (Å²) < 4.78 is 31.6. The van der Waals surface area contributed by atoms with Crippen molar-refractivity contribution in [2.75, 3.05) is 6.26 Å². The van der Waals surface area contributed by atoms with Crippen molar-refractivity contribution >= 4 is 40.2 Å². The van der Waals surface area contributed by atoms with E-state index < -0.39 is 17.6 Å². The van der Waals surface area contributed by atoms with E-state index in [1.54, 1.807) is 17.8 Å². The Bertz CT molecular complexity index is 965. The lowest BCUT2D eigenvalue weighted by Gasteiger charge is -2.09. The summed E-state index contributed by atoms with van der Waals surface area (Å²) in [6, 6.07) is 10.2. The molecular weight excluding hydrogens is 368 g/mol. The van der Waals surface area contributed by atoms with E-state index in [1.165, 1.54) is 0 Å². The molecule has 3 nitrogen and oxygen atoms in total. The van der Waals surface area contributed by atoms with Crippen molar-refractivity contribution < 1.29 is 18.3 Å². The lowest BCUT2D eigenvalue weighted by molar-refractivity contribution is 0.0467. The molecule has 0 aliphatic carbocycles. The van der Waals surface area contributed by atoms with Crippen LogP contribution >= 0.6 is 23.4 Å². The number of fused-ring (bicyclic) bond motifs is 1. The summed E-state index contributed by atoms with van der Waals surface area (Å²) in [5, 5.41) is 1.05. The number of hydrogen-bond donors (Lipinski definition) is 0. The van der Waals surface area contributed by atoms with E-state index in [1.807, 2.05) is 24.5 Å². The van der Waals surface area contributed by atoms with Gasteiger partial charge in [0.2, 0.25) is 0 Å². The van der Waals surface area contributed by atoms with Gasteiger partial charge < -0.3 is 4.74 Å². The molecule has 1 aromatic heterocycles. The van der Waals surface area contributed by atoms with E-state index in [-0.39, 0.29) is 17.3 Å². The van der Waals surface area contributed by atoms with E-state index >= 15 is 0 Å². The Balaban J connectivity index is 1.80. The van der Waals surface area contributed by atoms with Gasteiger partial charge in [0.15, 0.2) is 0 Å². The van der Waals surface area contributed by atoms with Gasteiger partial charge in [-0.2, -0.15) is 0 Å². The molecule has 25 heavy (non-hydrogen) atoms. The molecule has 128 valence electrons. The van der Waals surface area contributed by atoms with Gasteiger partial charge in [-0.15, -0.1) is 11.8 Å². The normalized spacial score (nSPS) is 10.9. The Morgan fingerprint density at radius 3 is 2.72 bits per heavy atom. The molecule has 3 rings (SSSR count). The number of pyridine rings is 1. The highest BCUT2D eigenvalue weighted by atomic mass is 35.5. The molecule has 1 heterocycles. The number of nitrogens with zero attached hydrogens (tertiary/aromatic N) is 1. The molecule has 0 saturated heterocycles. The number of aromatic nitrogens is 1. The first kappa shape index (κ1) is 17.6. The quantitative estimate of drug-likeness (QED) is 0.353. The Kier molecular flexibility index (Phi) is 5.20. The molecule has 0 fully saturated rings. The Labute approximate surface area is 152 Å². The first-order chi connectivity index (χ1) is 12.0. The van der Waals surface area contributed by atoms with E-state index in [2.05, 4.69) is 4.98 Å². The molecule has 3 aromatic rings. The molecule has 0 spiro atoms. The maximum absolute atomic E-state index is 13.6. The van der Waals surface area contributed by atoms with Crippen molar-refractivity contribution in [2.24, 2.45) is 0 Å². The van der Waals surface area contributed by atoms with Crippen LogP contribution < -0.4 is 0 Å². The van der Waals surface area contributed by atoms with Gasteiger partial charge in [-0.1, -0.05) is 17.7 Å². The fourth-order valence-corrected chi connectivity index (χ4v) is 2.91.